The first-order valence-corrected chi connectivity index (χ1v) is 5.50. The minimum Gasteiger partial charge on any atom is -0.393 e. The summed E-state index contributed by atoms with van der Waals surface area (Å²) in [6, 6.07) is 1.32. The lowest BCUT2D eigenvalue weighted by molar-refractivity contribution is -0.169. The maximum atomic E-state index is 14.0. The Hall–Kier alpha value is -1.55. The molecule has 5 N–H and O–H groups in total. The lowest BCUT2D eigenvalue weighted by atomic mass is 9.97. The van der Waals surface area contributed by atoms with Gasteiger partial charge in [-0.3, -0.25) is 0 Å². The second-order valence-corrected chi connectivity index (χ2v) is 4.52. The van der Waals surface area contributed by atoms with Crippen LogP contribution in [0, 0.1) is 0 Å². The Morgan fingerprint density at radius 1 is 1.68 bits per heavy atom. The van der Waals surface area contributed by atoms with E-state index in [9.17, 15) is 19.4 Å². The van der Waals surface area contributed by atoms with Crippen LogP contribution in [-0.2, 0) is 4.74 Å². The Balaban J connectivity index is 2.24. The highest BCUT2D eigenvalue weighted by Gasteiger charge is 2.62. The number of hydrogen-bond donors (Lipinski definition) is 5. The van der Waals surface area contributed by atoms with Gasteiger partial charge in [0.25, 0.3) is 5.85 Å². The van der Waals surface area contributed by atoms with Crippen molar-refractivity contribution >= 4 is 5.82 Å². The third-order valence-electron chi connectivity index (χ3n) is 2.98. The number of rotatable bonds is 3. The van der Waals surface area contributed by atoms with E-state index >= 15 is 0 Å². The van der Waals surface area contributed by atoms with Gasteiger partial charge in [0, 0.05) is 6.20 Å². The minimum absolute atomic E-state index is 0.0424. The van der Waals surface area contributed by atoms with Crippen LogP contribution in [0.4, 0.5) is 10.2 Å². The summed E-state index contributed by atoms with van der Waals surface area (Å²) in [6.07, 6.45) is -2.36. The van der Waals surface area contributed by atoms with Gasteiger partial charge in [0.15, 0.2) is 6.23 Å². The van der Waals surface area contributed by atoms with E-state index in [1.165, 1.54) is 19.2 Å². The Morgan fingerprint density at radius 2 is 2.37 bits per heavy atom. The molecule has 2 heterocycles. The van der Waals surface area contributed by atoms with Gasteiger partial charge in [0.05, 0.1) is 6.61 Å². The summed E-state index contributed by atoms with van der Waals surface area (Å²) in [5.74, 6) is -3.18. The van der Waals surface area contributed by atoms with Crippen molar-refractivity contribution in [2.24, 2.45) is 0 Å². The van der Waals surface area contributed by atoms with Crippen molar-refractivity contribution in [1.82, 2.24) is 9.97 Å². The molecule has 1 aromatic heterocycles. The number of H-pyrrole nitrogens is 1. The molecule has 106 valence electrons. The van der Waals surface area contributed by atoms with E-state index in [0.29, 0.717) is 0 Å². The second-order valence-electron chi connectivity index (χ2n) is 4.52. The fraction of sp³-hybridized carbons (Fsp3) is 0.600. The normalized spacial score (nSPS) is 38.4. The predicted octanol–water partition coefficient (Wildman–Crippen LogP) is -1.69. The fourth-order valence-corrected chi connectivity index (χ4v) is 1.83. The van der Waals surface area contributed by atoms with Crippen molar-refractivity contribution in [2.45, 2.75) is 30.7 Å². The van der Waals surface area contributed by atoms with E-state index in [4.69, 9.17) is 9.84 Å². The zero-order valence-electron chi connectivity index (χ0n) is 10.00. The van der Waals surface area contributed by atoms with Gasteiger partial charge in [-0.2, -0.15) is 4.98 Å². The molecule has 0 amide bonds. The van der Waals surface area contributed by atoms with E-state index in [2.05, 4.69) is 15.3 Å². The van der Waals surface area contributed by atoms with Crippen LogP contribution in [0.25, 0.3) is 0 Å². The van der Waals surface area contributed by atoms with Gasteiger partial charge in [-0.05, 0) is 13.0 Å². The smallest absolute Gasteiger partial charge is 0.346 e. The SMILES string of the molecule is C[C@]1(CO)O[C@@H](Nc2cc[nH]c(=O)n2)[C@](O)(F)[C@@H]1O. The molecule has 0 saturated carbocycles. The zero-order chi connectivity index (χ0) is 14.3. The zero-order valence-corrected chi connectivity index (χ0v) is 10.00. The number of aromatic nitrogens is 2. The maximum absolute atomic E-state index is 14.0. The first-order chi connectivity index (χ1) is 8.79. The van der Waals surface area contributed by atoms with Crippen LogP contribution in [0.2, 0.25) is 0 Å². The van der Waals surface area contributed by atoms with Gasteiger partial charge in [0.1, 0.15) is 17.5 Å². The molecule has 4 atom stereocenters. The maximum Gasteiger partial charge on any atom is 0.346 e. The molecule has 0 spiro atoms. The first-order valence-electron chi connectivity index (χ1n) is 5.50. The Morgan fingerprint density at radius 3 is 2.89 bits per heavy atom. The lowest BCUT2D eigenvalue weighted by Crippen LogP contribution is -2.50. The van der Waals surface area contributed by atoms with Gasteiger partial charge in [-0.25, -0.2) is 9.18 Å². The third kappa shape index (κ3) is 2.32. The van der Waals surface area contributed by atoms with E-state index in [0.717, 1.165) is 0 Å². The highest BCUT2D eigenvalue weighted by atomic mass is 19.2. The Bertz CT molecular complexity index is 522. The van der Waals surface area contributed by atoms with Crippen LogP contribution in [0.3, 0.4) is 0 Å². The number of nitrogens with zero attached hydrogens (tertiary/aromatic N) is 1. The molecule has 0 aliphatic carbocycles. The Kier molecular flexibility index (Phi) is 3.31. The lowest BCUT2D eigenvalue weighted by Gasteiger charge is -2.25. The average molecular weight is 275 g/mol. The largest absolute Gasteiger partial charge is 0.393 e. The number of nitrogens with one attached hydrogen (secondary N) is 2. The van der Waals surface area contributed by atoms with Gasteiger partial charge in [0.2, 0.25) is 0 Å². The monoisotopic (exact) mass is 275 g/mol. The van der Waals surface area contributed by atoms with Crippen LogP contribution < -0.4 is 11.0 Å². The van der Waals surface area contributed by atoms with Crippen LogP contribution in [0.5, 0.6) is 0 Å². The van der Waals surface area contributed by atoms with Crippen LogP contribution >= 0.6 is 0 Å². The summed E-state index contributed by atoms with van der Waals surface area (Å²) in [6.45, 7) is 0.552. The van der Waals surface area contributed by atoms with Crippen molar-refractivity contribution in [2.75, 3.05) is 11.9 Å². The van der Waals surface area contributed by atoms with Crippen LogP contribution in [0.1, 0.15) is 6.92 Å². The summed E-state index contributed by atoms with van der Waals surface area (Å²) in [5.41, 5.74) is -2.33. The molecule has 0 aromatic carbocycles. The van der Waals surface area contributed by atoms with Crippen LogP contribution in [-0.4, -0.2) is 55.7 Å². The number of ether oxygens (including phenoxy) is 1. The summed E-state index contributed by atoms with van der Waals surface area (Å²) in [5, 5.41) is 30.7. The van der Waals surface area contributed by atoms with Crippen LogP contribution in [0.15, 0.2) is 17.1 Å². The quantitative estimate of drug-likeness (QED) is 0.445. The molecule has 1 aliphatic heterocycles. The highest BCUT2D eigenvalue weighted by molar-refractivity contribution is 5.34. The molecule has 2 rings (SSSR count). The molecule has 9 heteroatoms. The van der Waals surface area contributed by atoms with E-state index < -0.39 is 36.1 Å². The Labute approximate surface area is 106 Å². The topological polar surface area (TPSA) is 128 Å². The molecular formula is C10H14FN3O5. The molecule has 1 saturated heterocycles. The van der Waals surface area contributed by atoms with Gasteiger partial charge >= 0.3 is 5.69 Å². The first kappa shape index (κ1) is 13.9. The number of aliphatic hydroxyl groups is 3. The summed E-state index contributed by atoms with van der Waals surface area (Å²) < 4.78 is 19.1. The molecule has 19 heavy (non-hydrogen) atoms. The van der Waals surface area contributed by atoms with Crippen molar-refractivity contribution < 1.29 is 24.4 Å². The standard InChI is InChI=1S/C10H14FN3O5/c1-9(4-15)6(16)10(11,18)7(19-9)13-5-2-3-12-8(17)14-5/h2-3,6-7,15-16,18H,4H2,1H3,(H2,12,13,14,17)/t6-,7-,9-,10+/m1/s1. The molecule has 1 aliphatic rings. The molecule has 0 unspecified atom stereocenters. The summed E-state index contributed by atoms with van der Waals surface area (Å²) in [7, 11) is 0. The fourth-order valence-electron chi connectivity index (χ4n) is 1.83. The van der Waals surface area contributed by atoms with E-state index in [1.807, 2.05) is 0 Å². The van der Waals surface area contributed by atoms with E-state index in [-0.39, 0.29) is 5.82 Å². The summed E-state index contributed by atoms with van der Waals surface area (Å²) in [4.78, 5) is 16.7. The number of aliphatic hydroxyl groups excluding tert-OH is 2. The molecule has 0 bridgehead atoms. The number of aromatic amines is 1. The molecule has 1 aromatic rings. The summed E-state index contributed by atoms with van der Waals surface area (Å²) >= 11 is 0. The highest BCUT2D eigenvalue weighted by Crippen LogP contribution is 2.39. The number of halogens is 1. The van der Waals surface area contributed by atoms with E-state index in [1.54, 1.807) is 0 Å². The second kappa shape index (κ2) is 4.53. The average Bonchev–Trinajstić information content (AvgIpc) is 2.52. The third-order valence-corrected chi connectivity index (χ3v) is 2.98. The molecular weight excluding hydrogens is 261 g/mol. The number of hydrogen-bond acceptors (Lipinski definition) is 7. The van der Waals surface area contributed by atoms with Crippen molar-refractivity contribution in [3.63, 3.8) is 0 Å². The molecule has 0 radical (unpaired) electrons. The van der Waals surface area contributed by atoms with Crippen molar-refractivity contribution in [3.8, 4) is 0 Å². The molecule has 1 fully saturated rings. The van der Waals surface area contributed by atoms with Gasteiger partial charge in [-0.15, -0.1) is 0 Å². The van der Waals surface area contributed by atoms with Crippen molar-refractivity contribution in [1.29, 1.82) is 0 Å². The molecule has 8 nitrogen and oxygen atoms in total. The number of anilines is 1. The minimum atomic E-state index is -3.14. The van der Waals surface area contributed by atoms with Crippen molar-refractivity contribution in [3.05, 3.63) is 22.7 Å². The van der Waals surface area contributed by atoms with Gasteiger partial charge < -0.3 is 30.4 Å². The van der Waals surface area contributed by atoms with Gasteiger partial charge in [-0.1, -0.05) is 0 Å². The predicted molar refractivity (Wildman–Crippen MR) is 60.9 cm³/mol. The number of alkyl halides is 1.